The van der Waals surface area contributed by atoms with E-state index in [4.69, 9.17) is 12.2 Å². The molecule has 0 spiro atoms. The summed E-state index contributed by atoms with van der Waals surface area (Å²) in [6.07, 6.45) is 4.16. The number of anilines is 2. The van der Waals surface area contributed by atoms with Crippen molar-refractivity contribution in [2.24, 2.45) is 0 Å². The van der Waals surface area contributed by atoms with Gasteiger partial charge in [0.1, 0.15) is 4.32 Å². The highest BCUT2D eigenvalue weighted by Gasteiger charge is 2.45. The van der Waals surface area contributed by atoms with E-state index < -0.39 is 0 Å². The maximum absolute atomic E-state index is 13.2. The van der Waals surface area contributed by atoms with Gasteiger partial charge in [0.05, 0.1) is 10.6 Å². The molecular formula is C41H38N2OS2. The van der Waals surface area contributed by atoms with Gasteiger partial charge >= 0.3 is 0 Å². The lowest BCUT2D eigenvalue weighted by atomic mass is 9.79. The highest BCUT2D eigenvalue weighted by atomic mass is 32.2. The van der Waals surface area contributed by atoms with Gasteiger partial charge in [0.15, 0.2) is 0 Å². The number of benzene rings is 4. The van der Waals surface area contributed by atoms with Crippen molar-refractivity contribution in [3.8, 4) is 22.3 Å². The topological polar surface area (TPSA) is 23.6 Å². The van der Waals surface area contributed by atoms with Gasteiger partial charge in [0, 0.05) is 34.2 Å². The summed E-state index contributed by atoms with van der Waals surface area (Å²) in [6, 6.07) is 29.5. The average molecular weight is 639 g/mol. The van der Waals surface area contributed by atoms with E-state index in [1.807, 2.05) is 13.0 Å². The summed E-state index contributed by atoms with van der Waals surface area (Å²) in [7, 11) is 0. The number of allylic oxidation sites excluding steroid dienone is 3. The summed E-state index contributed by atoms with van der Waals surface area (Å²) >= 11 is 6.93. The fourth-order valence-electron chi connectivity index (χ4n) is 8.30. The highest BCUT2D eigenvalue weighted by Crippen LogP contribution is 2.58. The molecule has 46 heavy (non-hydrogen) atoms. The van der Waals surface area contributed by atoms with E-state index in [0.717, 1.165) is 11.4 Å². The minimum atomic E-state index is -0.322. The van der Waals surface area contributed by atoms with Gasteiger partial charge in [-0.3, -0.25) is 9.69 Å². The van der Waals surface area contributed by atoms with Gasteiger partial charge in [-0.2, -0.15) is 0 Å². The summed E-state index contributed by atoms with van der Waals surface area (Å²) in [5, 5.41) is 0. The molecule has 230 valence electrons. The third-order valence-electron chi connectivity index (χ3n) is 10.9. The zero-order valence-corrected chi connectivity index (χ0v) is 29.1. The Balaban J connectivity index is 1.35. The second-order valence-corrected chi connectivity index (χ2v) is 16.1. The largest absolute Gasteiger partial charge is 0.313 e. The first kappa shape index (κ1) is 29.5. The van der Waals surface area contributed by atoms with Crippen LogP contribution in [0, 0.1) is 0 Å². The van der Waals surface area contributed by atoms with E-state index >= 15 is 0 Å². The van der Waals surface area contributed by atoms with Gasteiger partial charge in [-0.05, 0) is 93.4 Å². The molecule has 0 aromatic heterocycles. The van der Waals surface area contributed by atoms with Crippen LogP contribution < -0.4 is 4.90 Å². The van der Waals surface area contributed by atoms with Crippen molar-refractivity contribution in [2.45, 2.75) is 64.7 Å². The number of amides is 1. The number of likely N-dealkylation sites (N-methyl/N-ethyl adjacent to an activating group) is 1. The van der Waals surface area contributed by atoms with Crippen molar-refractivity contribution in [3.05, 3.63) is 129 Å². The molecule has 8 rings (SSSR count). The fourth-order valence-corrected chi connectivity index (χ4v) is 9.63. The summed E-state index contributed by atoms with van der Waals surface area (Å²) in [6.45, 7) is 16.5. The van der Waals surface area contributed by atoms with Crippen LogP contribution in [-0.2, 0) is 21.0 Å². The molecule has 5 heteroatoms. The molecule has 0 N–H and O–H groups in total. The fraction of sp³-hybridized carbons (Fsp3) is 0.268. The second-order valence-electron chi connectivity index (χ2n) is 14.4. The molecule has 1 saturated heterocycles. The first-order chi connectivity index (χ1) is 21.9. The van der Waals surface area contributed by atoms with Crippen LogP contribution >= 0.6 is 24.0 Å². The van der Waals surface area contributed by atoms with Gasteiger partial charge < -0.3 is 4.90 Å². The van der Waals surface area contributed by atoms with Crippen molar-refractivity contribution in [3.63, 3.8) is 0 Å². The maximum Gasteiger partial charge on any atom is 0.266 e. The number of rotatable bonds is 3. The van der Waals surface area contributed by atoms with Gasteiger partial charge in [-0.1, -0.05) is 120 Å². The van der Waals surface area contributed by atoms with Crippen molar-refractivity contribution in [1.29, 1.82) is 0 Å². The van der Waals surface area contributed by atoms with Crippen LogP contribution in [0.1, 0.15) is 76.3 Å². The van der Waals surface area contributed by atoms with Gasteiger partial charge in [-0.25, -0.2) is 0 Å². The molecule has 0 radical (unpaired) electrons. The van der Waals surface area contributed by atoms with Crippen LogP contribution in [0.3, 0.4) is 0 Å². The Hall–Kier alpha value is -3.93. The van der Waals surface area contributed by atoms with Crippen LogP contribution in [0.2, 0.25) is 0 Å². The van der Waals surface area contributed by atoms with E-state index in [0.29, 0.717) is 15.8 Å². The van der Waals surface area contributed by atoms with Gasteiger partial charge in [-0.15, -0.1) is 0 Å². The lowest BCUT2D eigenvalue weighted by Crippen LogP contribution is -2.27. The SMILES string of the molecule is CCN1C(=O)/C(=C/C=C2/N(c3ccc4c(c3)C(C)(C)c3ccccc3-4)c3cc4c(cc3C2(C)C)-c2ccccc2C4(C)C)SC1=S. The van der Waals surface area contributed by atoms with Crippen LogP contribution in [0.25, 0.3) is 22.3 Å². The Morgan fingerprint density at radius 1 is 0.674 bits per heavy atom. The molecule has 0 atom stereocenters. The smallest absolute Gasteiger partial charge is 0.266 e. The van der Waals surface area contributed by atoms with E-state index in [-0.39, 0.29) is 22.2 Å². The van der Waals surface area contributed by atoms with E-state index in [2.05, 4.69) is 131 Å². The summed E-state index contributed by atoms with van der Waals surface area (Å²) in [5.74, 6) is -0.0106. The Kier molecular flexibility index (Phi) is 6.27. The standard InChI is InChI=1S/C41H38N2OS2/c1-8-42-37(44)35(46-38(42)45)19-20-36-41(6,7)33-22-28-26-14-10-12-16-30(26)40(4,5)32(28)23-34(33)43(36)24-17-18-27-25-13-9-11-15-29(25)39(2,3)31(27)21-24/h9-23H,8H2,1-7H3/b35-19-,36-20+. The van der Waals surface area contributed by atoms with E-state index in [1.54, 1.807) is 4.90 Å². The molecule has 4 aromatic rings. The van der Waals surface area contributed by atoms with Crippen molar-refractivity contribution < 1.29 is 4.79 Å². The van der Waals surface area contributed by atoms with Crippen LogP contribution in [0.15, 0.2) is 102 Å². The molecule has 1 amide bonds. The Morgan fingerprint density at radius 3 is 1.89 bits per heavy atom. The molecule has 0 saturated carbocycles. The quantitative estimate of drug-likeness (QED) is 0.165. The molecule has 4 aromatic carbocycles. The highest BCUT2D eigenvalue weighted by molar-refractivity contribution is 8.26. The third-order valence-corrected chi connectivity index (χ3v) is 12.3. The van der Waals surface area contributed by atoms with E-state index in [1.165, 1.54) is 67.5 Å². The van der Waals surface area contributed by atoms with Crippen molar-refractivity contribution in [2.75, 3.05) is 11.4 Å². The Labute approximate surface area is 282 Å². The zero-order chi connectivity index (χ0) is 32.3. The molecule has 4 aliphatic rings. The first-order valence-corrected chi connectivity index (χ1v) is 17.4. The molecule has 0 bridgehead atoms. The Morgan fingerprint density at radius 2 is 1.26 bits per heavy atom. The number of hydrogen-bond acceptors (Lipinski definition) is 4. The van der Waals surface area contributed by atoms with Gasteiger partial charge in [0.2, 0.25) is 0 Å². The summed E-state index contributed by atoms with van der Waals surface area (Å²) in [4.78, 5) is 18.0. The molecule has 0 unspecified atom stereocenters. The number of hydrogen-bond donors (Lipinski definition) is 0. The number of nitrogens with zero attached hydrogens (tertiary/aromatic N) is 2. The zero-order valence-electron chi connectivity index (χ0n) is 27.5. The van der Waals surface area contributed by atoms with Crippen LogP contribution in [-0.4, -0.2) is 21.7 Å². The maximum atomic E-state index is 13.2. The summed E-state index contributed by atoms with van der Waals surface area (Å²) in [5.41, 5.74) is 15.0. The normalized spacial score (nSPS) is 21.1. The van der Waals surface area contributed by atoms with Gasteiger partial charge in [0.25, 0.3) is 5.91 Å². The monoisotopic (exact) mass is 638 g/mol. The number of carbonyl (C=O) groups excluding carboxylic acids is 1. The first-order valence-electron chi connectivity index (χ1n) is 16.2. The van der Waals surface area contributed by atoms with E-state index in [9.17, 15) is 4.79 Å². The third kappa shape index (κ3) is 3.85. The van der Waals surface area contributed by atoms with Crippen molar-refractivity contribution in [1.82, 2.24) is 4.90 Å². The predicted molar refractivity (Wildman–Crippen MR) is 197 cm³/mol. The minimum absolute atomic E-state index is 0.0106. The van der Waals surface area contributed by atoms with Crippen LogP contribution in [0.4, 0.5) is 11.4 Å². The number of thiocarbonyl (C=S) groups is 1. The second kappa shape index (κ2) is 9.79. The summed E-state index contributed by atoms with van der Waals surface area (Å²) < 4.78 is 0.626. The Bertz CT molecular complexity index is 2100. The molecule has 1 fully saturated rings. The molecule has 2 aliphatic heterocycles. The average Bonchev–Trinajstić information content (AvgIpc) is 3.62. The van der Waals surface area contributed by atoms with Crippen molar-refractivity contribution >= 4 is 45.6 Å². The number of thioether (sulfide) groups is 1. The van der Waals surface area contributed by atoms with Crippen LogP contribution in [0.5, 0.6) is 0 Å². The lowest BCUT2D eigenvalue weighted by Gasteiger charge is -2.29. The molecular weight excluding hydrogens is 601 g/mol. The predicted octanol–water partition coefficient (Wildman–Crippen LogP) is 10.4. The molecule has 3 nitrogen and oxygen atoms in total. The molecule has 2 heterocycles. The number of carbonyl (C=O) groups is 1. The lowest BCUT2D eigenvalue weighted by molar-refractivity contribution is -0.122. The number of fused-ring (bicyclic) bond motifs is 7. The minimum Gasteiger partial charge on any atom is -0.313 e. The molecule has 2 aliphatic carbocycles.